The van der Waals surface area contributed by atoms with Crippen LogP contribution in [0.25, 0.3) is 22.6 Å². The third kappa shape index (κ3) is 4.84. The molecule has 0 radical (unpaired) electrons. The Labute approximate surface area is 189 Å². The number of thiocarbonyl (C=S) groups is 1. The maximum atomic E-state index is 12.3. The normalized spacial score (nSPS) is 10.6. The number of nitrogens with one attached hydrogen (secondary N) is 2. The molecule has 31 heavy (non-hydrogen) atoms. The second kappa shape index (κ2) is 9.16. The van der Waals surface area contributed by atoms with Crippen LogP contribution in [-0.4, -0.2) is 22.6 Å². The summed E-state index contributed by atoms with van der Waals surface area (Å²) in [5.41, 5.74) is 3.16. The Morgan fingerprint density at radius 1 is 1.13 bits per heavy atom. The molecule has 0 saturated heterocycles. The van der Waals surface area contributed by atoms with Crippen LogP contribution >= 0.6 is 23.8 Å². The largest absolute Gasteiger partial charge is 0.494 e. The summed E-state index contributed by atoms with van der Waals surface area (Å²) in [7, 11) is 0. The van der Waals surface area contributed by atoms with Crippen molar-refractivity contribution in [3.63, 3.8) is 0 Å². The lowest BCUT2D eigenvalue weighted by Gasteiger charge is -2.10. The number of oxazole rings is 1. The standard InChI is InChI=1S/C23H18ClN3O3S/c1-2-29-16-10-7-14(8-11-16)22-26-19-13-15(9-12-20(19)30-22)25-23(31)27-21(28)17-5-3-4-6-18(17)24/h3-13H,2H2,1H3,(H2,25,27,28,31). The van der Waals surface area contributed by atoms with Crippen molar-refractivity contribution in [2.24, 2.45) is 0 Å². The Kier molecular flexibility index (Phi) is 6.16. The number of carbonyl (C=O) groups excluding carboxylic acids is 1. The number of halogens is 1. The van der Waals surface area contributed by atoms with Crippen molar-refractivity contribution in [3.8, 4) is 17.2 Å². The van der Waals surface area contributed by atoms with Crippen LogP contribution in [0.3, 0.4) is 0 Å². The number of aromatic nitrogens is 1. The quantitative estimate of drug-likeness (QED) is 0.380. The minimum Gasteiger partial charge on any atom is -0.494 e. The molecule has 4 aromatic rings. The Balaban J connectivity index is 1.47. The van der Waals surface area contributed by atoms with Gasteiger partial charge in [-0.05, 0) is 73.7 Å². The van der Waals surface area contributed by atoms with E-state index in [1.807, 2.05) is 31.2 Å². The molecule has 1 heterocycles. The molecule has 4 rings (SSSR count). The molecule has 1 aromatic heterocycles. The van der Waals surface area contributed by atoms with Crippen molar-refractivity contribution in [1.82, 2.24) is 10.3 Å². The zero-order chi connectivity index (χ0) is 21.8. The number of benzene rings is 3. The summed E-state index contributed by atoms with van der Waals surface area (Å²) in [6.45, 7) is 2.55. The van der Waals surface area contributed by atoms with Gasteiger partial charge in [0.2, 0.25) is 5.89 Å². The molecule has 3 aromatic carbocycles. The topological polar surface area (TPSA) is 76.4 Å². The average Bonchev–Trinajstić information content (AvgIpc) is 3.18. The van der Waals surface area contributed by atoms with E-state index in [-0.39, 0.29) is 11.0 Å². The Hall–Kier alpha value is -3.42. The SMILES string of the molecule is CCOc1ccc(-c2nc3cc(NC(=S)NC(=O)c4ccccc4Cl)ccc3o2)cc1. The molecule has 0 bridgehead atoms. The monoisotopic (exact) mass is 451 g/mol. The van der Waals surface area contributed by atoms with Gasteiger partial charge in [0.25, 0.3) is 5.91 Å². The fourth-order valence-electron chi connectivity index (χ4n) is 2.97. The third-order valence-electron chi connectivity index (χ3n) is 4.40. The lowest BCUT2D eigenvalue weighted by molar-refractivity contribution is 0.0978. The van der Waals surface area contributed by atoms with E-state index in [2.05, 4.69) is 15.6 Å². The summed E-state index contributed by atoms with van der Waals surface area (Å²) >= 11 is 11.3. The molecule has 0 saturated carbocycles. The third-order valence-corrected chi connectivity index (χ3v) is 4.94. The van der Waals surface area contributed by atoms with E-state index >= 15 is 0 Å². The minimum absolute atomic E-state index is 0.152. The van der Waals surface area contributed by atoms with E-state index in [1.54, 1.807) is 42.5 Å². The van der Waals surface area contributed by atoms with E-state index in [0.717, 1.165) is 11.3 Å². The number of carbonyl (C=O) groups is 1. The second-order valence-electron chi connectivity index (χ2n) is 6.55. The number of nitrogens with zero attached hydrogens (tertiary/aromatic N) is 1. The van der Waals surface area contributed by atoms with Gasteiger partial charge < -0.3 is 14.5 Å². The van der Waals surface area contributed by atoms with E-state index in [1.165, 1.54) is 0 Å². The number of hydrogen-bond donors (Lipinski definition) is 2. The van der Waals surface area contributed by atoms with E-state index in [9.17, 15) is 4.79 Å². The van der Waals surface area contributed by atoms with Gasteiger partial charge in [-0.3, -0.25) is 10.1 Å². The minimum atomic E-state index is -0.386. The molecule has 0 aliphatic carbocycles. The Morgan fingerprint density at radius 3 is 2.65 bits per heavy atom. The van der Waals surface area contributed by atoms with Crippen LogP contribution < -0.4 is 15.4 Å². The highest BCUT2D eigenvalue weighted by Crippen LogP contribution is 2.27. The van der Waals surface area contributed by atoms with Gasteiger partial charge in [-0.15, -0.1) is 0 Å². The summed E-state index contributed by atoms with van der Waals surface area (Å²) in [6.07, 6.45) is 0. The fraction of sp³-hybridized carbons (Fsp3) is 0.0870. The molecule has 0 aliphatic rings. The summed E-state index contributed by atoms with van der Waals surface area (Å²) in [6, 6.07) is 19.7. The number of hydrogen-bond acceptors (Lipinski definition) is 5. The molecule has 8 heteroatoms. The average molecular weight is 452 g/mol. The van der Waals surface area contributed by atoms with Crippen LogP contribution in [0.1, 0.15) is 17.3 Å². The number of fused-ring (bicyclic) bond motifs is 1. The number of ether oxygens (including phenoxy) is 1. The maximum Gasteiger partial charge on any atom is 0.258 e. The first-order chi connectivity index (χ1) is 15.0. The Bertz CT molecular complexity index is 1250. The van der Waals surface area contributed by atoms with Crippen LogP contribution in [0.2, 0.25) is 5.02 Å². The first kappa shape index (κ1) is 20.8. The van der Waals surface area contributed by atoms with Crippen LogP contribution in [0.5, 0.6) is 5.75 Å². The maximum absolute atomic E-state index is 12.3. The smallest absolute Gasteiger partial charge is 0.258 e. The van der Waals surface area contributed by atoms with Crippen LogP contribution in [0.4, 0.5) is 5.69 Å². The Morgan fingerprint density at radius 2 is 1.90 bits per heavy atom. The number of anilines is 1. The first-order valence-electron chi connectivity index (χ1n) is 9.54. The molecule has 0 unspecified atom stereocenters. The molecule has 0 spiro atoms. The predicted molar refractivity (Wildman–Crippen MR) is 126 cm³/mol. The lowest BCUT2D eigenvalue weighted by atomic mass is 10.2. The molecule has 0 atom stereocenters. The highest BCUT2D eigenvalue weighted by Gasteiger charge is 2.13. The molecule has 0 fully saturated rings. The fourth-order valence-corrected chi connectivity index (χ4v) is 3.40. The molecule has 1 amide bonds. The second-order valence-corrected chi connectivity index (χ2v) is 7.36. The lowest BCUT2D eigenvalue weighted by Crippen LogP contribution is -2.34. The highest BCUT2D eigenvalue weighted by molar-refractivity contribution is 7.80. The van der Waals surface area contributed by atoms with E-state index < -0.39 is 0 Å². The number of amides is 1. The number of rotatable bonds is 5. The first-order valence-corrected chi connectivity index (χ1v) is 10.3. The van der Waals surface area contributed by atoms with Crippen molar-refractivity contribution in [3.05, 3.63) is 77.3 Å². The van der Waals surface area contributed by atoms with Gasteiger partial charge in [0.05, 0.1) is 17.2 Å². The van der Waals surface area contributed by atoms with Crippen molar-refractivity contribution in [2.75, 3.05) is 11.9 Å². The predicted octanol–water partition coefficient (Wildman–Crippen LogP) is 5.67. The van der Waals surface area contributed by atoms with Crippen molar-refractivity contribution in [1.29, 1.82) is 0 Å². The van der Waals surface area contributed by atoms with Gasteiger partial charge >= 0.3 is 0 Å². The van der Waals surface area contributed by atoms with E-state index in [4.69, 9.17) is 33.0 Å². The van der Waals surface area contributed by atoms with Crippen molar-refractivity contribution >= 4 is 51.6 Å². The summed E-state index contributed by atoms with van der Waals surface area (Å²) in [5, 5.41) is 6.11. The van der Waals surface area contributed by atoms with Gasteiger partial charge in [0.1, 0.15) is 11.3 Å². The van der Waals surface area contributed by atoms with Gasteiger partial charge in [0, 0.05) is 11.3 Å². The van der Waals surface area contributed by atoms with Gasteiger partial charge in [-0.1, -0.05) is 23.7 Å². The zero-order valence-corrected chi connectivity index (χ0v) is 18.1. The van der Waals surface area contributed by atoms with Crippen LogP contribution in [0, 0.1) is 0 Å². The molecular weight excluding hydrogens is 434 g/mol. The molecular formula is C23H18ClN3O3S. The summed E-state index contributed by atoms with van der Waals surface area (Å²) < 4.78 is 11.3. The van der Waals surface area contributed by atoms with Crippen LogP contribution in [0.15, 0.2) is 71.1 Å². The van der Waals surface area contributed by atoms with Gasteiger partial charge in [0.15, 0.2) is 10.7 Å². The summed E-state index contributed by atoms with van der Waals surface area (Å²) in [5.74, 6) is 0.911. The zero-order valence-electron chi connectivity index (χ0n) is 16.5. The van der Waals surface area contributed by atoms with Crippen LogP contribution in [-0.2, 0) is 0 Å². The summed E-state index contributed by atoms with van der Waals surface area (Å²) in [4.78, 5) is 16.9. The van der Waals surface area contributed by atoms with Gasteiger partial charge in [-0.2, -0.15) is 0 Å². The highest BCUT2D eigenvalue weighted by atomic mass is 35.5. The van der Waals surface area contributed by atoms with E-state index in [0.29, 0.717) is 39.9 Å². The molecule has 2 N–H and O–H groups in total. The van der Waals surface area contributed by atoms with Crippen molar-refractivity contribution < 1.29 is 13.9 Å². The van der Waals surface area contributed by atoms with Crippen molar-refractivity contribution in [2.45, 2.75) is 6.92 Å². The molecule has 6 nitrogen and oxygen atoms in total. The molecule has 156 valence electrons. The molecule has 0 aliphatic heterocycles. The van der Waals surface area contributed by atoms with Gasteiger partial charge in [-0.25, -0.2) is 4.98 Å².